The molecule has 6 rings (SSSR count). The zero-order chi connectivity index (χ0) is 20.1. The Kier molecular flexibility index (Phi) is 4.74. The van der Waals surface area contributed by atoms with Crippen LogP contribution >= 0.6 is 11.3 Å². The molecule has 2 bridgehead atoms. The summed E-state index contributed by atoms with van der Waals surface area (Å²) in [5.41, 5.74) is 1.26. The first kappa shape index (κ1) is 18.7. The average molecular weight is 420 g/mol. The van der Waals surface area contributed by atoms with Crippen LogP contribution in [0, 0.1) is 0 Å². The van der Waals surface area contributed by atoms with E-state index in [1.165, 1.54) is 41.5 Å². The summed E-state index contributed by atoms with van der Waals surface area (Å²) in [7, 11) is 2.33. The van der Waals surface area contributed by atoms with Gasteiger partial charge in [0.2, 0.25) is 0 Å². The van der Waals surface area contributed by atoms with Gasteiger partial charge in [-0.3, -0.25) is 4.90 Å². The maximum atomic E-state index is 4.72. The maximum absolute atomic E-state index is 4.72. The van der Waals surface area contributed by atoms with Gasteiger partial charge in [-0.1, -0.05) is 30.3 Å². The van der Waals surface area contributed by atoms with E-state index in [2.05, 4.69) is 63.1 Å². The molecule has 30 heavy (non-hydrogen) atoms. The van der Waals surface area contributed by atoms with Gasteiger partial charge >= 0.3 is 0 Å². The summed E-state index contributed by atoms with van der Waals surface area (Å²) in [4.78, 5) is 19.5. The highest BCUT2D eigenvalue weighted by Crippen LogP contribution is 2.38. The molecule has 3 saturated heterocycles. The molecule has 5 nitrogen and oxygen atoms in total. The monoisotopic (exact) mass is 419 g/mol. The Labute approximate surface area is 182 Å². The second kappa shape index (κ2) is 7.59. The summed E-state index contributed by atoms with van der Waals surface area (Å²) in [5, 5.41) is 1.20. The number of piperidine rings is 1. The van der Waals surface area contributed by atoms with Crippen molar-refractivity contribution in [2.24, 2.45) is 0 Å². The molecule has 3 aliphatic heterocycles. The van der Waals surface area contributed by atoms with Crippen molar-refractivity contribution >= 4 is 27.4 Å². The average Bonchev–Trinajstić information content (AvgIpc) is 3.30. The third-order valence-corrected chi connectivity index (χ3v) is 8.66. The molecular weight excluding hydrogens is 390 g/mol. The molecule has 1 aromatic carbocycles. The number of hydrogen-bond donors (Lipinski definition) is 0. The molecule has 2 atom stereocenters. The lowest BCUT2D eigenvalue weighted by Crippen LogP contribution is -2.55. The van der Waals surface area contributed by atoms with Crippen LogP contribution in [0.1, 0.15) is 25.7 Å². The van der Waals surface area contributed by atoms with Gasteiger partial charge < -0.3 is 9.80 Å². The number of thiophene rings is 1. The van der Waals surface area contributed by atoms with Crippen molar-refractivity contribution < 1.29 is 0 Å². The molecule has 156 valence electrons. The first-order chi connectivity index (χ1) is 14.8. The second-order valence-electron chi connectivity index (χ2n) is 9.09. The molecule has 0 amide bonds. The molecule has 0 spiro atoms. The van der Waals surface area contributed by atoms with Crippen molar-refractivity contribution in [2.75, 3.05) is 38.1 Å². The molecule has 3 aromatic rings. The van der Waals surface area contributed by atoms with Crippen molar-refractivity contribution in [3.63, 3.8) is 0 Å². The van der Waals surface area contributed by atoms with Crippen LogP contribution in [0.2, 0.25) is 0 Å². The molecule has 5 heterocycles. The summed E-state index contributed by atoms with van der Waals surface area (Å²) in [5.74, 6) is 1.11. The van der Waals surface area contributed by atoms with Crippen molar-refractivity contribution in [1.29, 1.82) is 0 Å². The van der Waals surface area contributed by atoms with Crippen LogP contribution in [0.15, 0.2) is 42.7 Å². The van der Waals surface area contributed by atoms with Gasteiger partial charge in [0.05, 0.1) is 5.39 Å². The number of rotatable bonds is 3. The van der Waals surface area contributed by atoms with Crippen LogP contribution in [-0.4, -0.2) is 71.1 Å². The van der Waals surface area contributed by atoms with Crippen molar-refractivity contribution in [1.82, 2.24) is 19.8 Å². The van der Waals surface area contributed by atoms with Crippen molar-refractivity contribution in [3.05, 3.63) is 42.7 Å². The molecule has 3 aliphatic rings. The van der Waals surface area contributed by atoms with E-state index < -0.39 is 0 Å². The minimum atomic E-state index is 0.775. The quantitative estimate of drug-likeness (QED) is 0.639. The lowest BCUT2D eigenvalue weighted by atomic mass is 9.96. The number of piperazine rings is 1. The van der Waals surface area contributed by atoms with Gasteiger partial charge in [-0.15, -0.1) is 11.3 Å². The van der Waals surface area contributed by atoms with E-state index >= 15 is 0 Å². The SMILES string of the molecule is CN1[C@H]2CC[C@H]1CC(N1CCN(c3ncnc4sc(-c5ccccc5)cc34)CC1)C2. The number of anilines is 1. The van der Waals surface area contributed by atoms with Gasteiger partial charge in [-0.25, -0.2) is 9.97 Å². The van der Waals surface area contributed by atoms with E-state index in [9.17, 15) is 0 Å². The molecule has 0 radical (unpaired) electrons. The van der Waals surface area contributed by atoms with E-state index in [0.29, 0.717) is 0 Å². The largest absolute Gasteiger partial charge is 0.353 e. The predicted octanol–water partition coefficient (Wildman–Crippen LogP) is 4.11. The standard InChI is InChI=1S/C24H29N5S/c1-27-18-7-8-19(27)14-20(13-18)28-9-11-29(12-10-28)23-21-15-22(17-5-3-2-4-6-17)30-24(21)26-16-25-23/h2-6,15-16,18-20H,7-14H2,1H3/t18-,19-/m0/s1. The Morgan fingerprint density at radius 2 is 1.63 bits per heavy atom. The molecule has 0 saturated carbocycles. The molecule has 3 fully saturated rings. The predicted molar refractivity (Wildman–Crippen MR) is 124 cm³/mol. The number of fused-ring (bicyclic) bond motifs is 3. The Hall–Kier alpha value is -2.02. The first-order valence-corrected chi connectivity index (χ1v) is 12.1. The molecule has 0 unspecified atom stereocenters. The van der Waals surface area contributed by atoms with Gasteiger partial charge in [-0.2, -0.15) is 0 Å². The fourth-order valence-corrected chi connectivity index (χ4v) is 6.82. The Bertz CT molecular complexity index is 1010. The van der Waals surface area contributed by atoms with E-state index in [1.807, 2.05) is 0 Å². The number of aromatic nitrogens is 2. The molecular formula is C24H29N5S. The van der Waals surface area contributed by atoms with Gasteiger partial charge in [0.1, 0.15) is 17.0 Å². The smallest absolute Gasteiger partial charge is 0.140 e. The zero-order valence-electron chi connectivity index (χ0n) is 17.6. The second-order valence-corrected chi connectivity index (χ2v) is 10.1. The van der Waals surface area contributed by atoms with Gasteiger partial charge in [0.25, 0.3) is 0 Å². The van der Waals surface area contributed by atoms with E-state index in [0.717, 1.165) is 55.0 Å². The summed E-state index contributed by atoms with van der Waals surface area (Å²) < 4.78 is 0. The van der Waals surface area contributed by atoms with E-state index in [-0.39, 0.29) is 0 Å². The van der Waals surface area contributed by atoms with Crippen LogP contribution in [0.5, 0.6) is 0 Å². The summed E-state index contributed by atoms with van der Waals surface area (Å²) in [6, 6.07) is 15.3. The number of nitrogens with zero attached hydrogens (tertiary/aromatic N) is 5. The van der Waals surface area contributed by atoms with Crippen molar-refractivity contribution in [3.8, 4) is 10.4 Å². The summed E-state index contributed by atoms with van der Waals surface area (Å²) >= 11 is 1.77. The van der Waals surface area contributed by atoms with Crippen LogP contribution in [0.3, 0.4) is 0 Å². The van der Waals surface area contributed by atoms with Crippen molar-refractivity contribution in [2.45, 2.75) is 43.8 Å². The van der Waals surface area contributed by atoms with Gasteiger partial charge in [-0.05, 0) is 44.4 Å². The molecule has 0 N–H and O–H groups in total. The minimum absolute atomic E-state index is 0.775. The highest BCUT2D eigenvalue weighted by Gasteiger charge is 2.40. The lowest BCUT2D eigenvalue weighted by molar-refractivity contribution is 0.0719. The molecule has 2 aromatic heterocycles. The van der Waals surface area contributed by atoms with Crippen LogP contribution in [0.4, 0.5) is 5.82 Å². The topological polar surface area (TPSA) is 35.5 Å². The normalized spacial score (nSPS) is 27.8. The Morgan fingerprint density at radius 1 is 0.900 bits per heavy atom. The summed E-state index contributed by atoms with van der Waals surface area (Å²) in [6.07, 6.45) is 7.26. The number of hydrogen-bond acceptors (Lipinski definition) is 6. The third kappa shape index (κ3) is 3.22. The summed E-state index contributed by atoms with van der Waals surface area (Å²) in [6.45, 7) is 4.42. The zero-order valence-corrected chi connectivity index (χ0v) is 18.4. The fraction of sp³-hybridized carbons (Fsp3) is 0.500. The van der Waals surface area contributed by atoms with E-state index in [1.54, 1.807) is 17.7 Å². The van der Waals surface area contributed by atoms with Crippen LogP contribution in [-0.2, 0) is 0 Å². The van der Waals surface area contributed by atoms with Crippen LogP contribution in [0.25, 0.3) is 20.7 Å². The number of benzene rings is 1. The maximum Gasteiger partial charge on any atom is 0.140 e. The molecule has 0 aliphatic carbocycles. The third-order valence-electron chi connectivity index (χ3n) is 7.57. The Morgan fingerprint density at radius 3 is 2.37 bits per heavy atom. The highest BCUT2D eigenvalue weighted by atomic mass is 32.1. The van der Waals surface area contributed by atoms with E-state index in [4.69, 9.17) is 4.98 Å². The highest BCUT2D eigenvalue weighted by molar-refractivity contribution is 7.21. The minimum Gasteiger partial charge on any atom is -0.353 e. The fourth-order valence-electron chi connectivity index (χ4n) is 5.82. The molecule has 6 heteroatoms. The Balaban J connectivity index is 1.19. The first-order valence-electron chi connectivity index (χ1n) is 11.3. The van der Waals surface area contributed by atoms with Gasteiger partial charge in [0.15, 0.2) is 0 Å². The lowest BCUT2D eigenvalue weighted by Gasteiger charge is -2.45. The van der Waals surface area contributed by atoms with Crippen LogP contribution < -0.4 is 4.90 Å². The van der Waals surface area contributed by atoms with Gasteiger partial charge in [0, 0.05) is 49.2 Å².